The van der Waals surface area contributed by atoms with Gasteiger partial charge in [0.15, 0.2) is 0 Å². The third-order valence-corrected chi connectivity index (χ3v) is 3.60. The van der Waals surface area contributed by atoms with Gasteiger partial charge in [0.2, 0.25) is 0 Å². The van der Waals surface area contributed by atoms with Crippen molar-refractivity contribution in [3.8, 4) is 0 Å². The van der Waals surface area contributed by atoms with E-state index in [1.807, 2.05) is 30.5 Å². The smallest absolute Gasteiger partial charge is 0.258 e. The highest BCUT2D eigenvalue weighted by Crippen LogP contribution is 2.28. The van der Waals surface area contributed by atoms with Crippen LogP contribution in [0.1, 0.15) is 32.0 Å². The number of pyridine rings is 1. The largest absolute Gasteiger partial charge is 0.309 e. The van der Waals surface area contributed by atoms with Crippen LogP contribution in [0.15, 0.2) is 41.5 Å². The normalized spacial score (nSPS) is 12.0. The maximum absolute atomic E-state index is 12.6. The third-order valence-electron chi connectivity index (χ3n) is 3.60. The molecule has 0 amide bonds. The van der Waals surface area contributed by atoms with Gasteiger partial charge in [0, 0.05) is 11.6 Å². The molecule has 0 radical (unpaired) electrons. The van der Waals surface area contributed by atoms with Crippen LogP contribution in [-0.2, 0) is 12.0 Å². The fourth-order valence-corrected chi connectivity index (χ4v) is 2.53. The number of rotatable bonds is 2. The Hall–Kier alpha value is -2.43. The lowest BCUT2D eigenvalue weighted by Gasteiger charge is -2.22. The predicted octanol–water partition coefficient (Wildman–Crippen LogP) is 2.47. The van der Waals surface area contributed by atoms with Crippen molar-refractivity contribution in [1.82, 2.24) is 20.0 Å². The minimum atomic E-state index is -0.0428. The van der Waals surface area contributed by atoms with E-state index in [1.54, 1.807) is 10.8 Å². The van der Waals surface area contributed by atoms with Crippen LogP contribution in [0.3, 0.4) is 0 Å². The summed E-state index contributed by atoms with van der Waals surface area (Å²) in [6.07, 6.45) is 3.58. The summed E-state index contributed by atoms with van der Waals surface area (Å²) in [4.78, 5) is 12.6. The van der Waals surface area contributed by atoms with Gasteiger partial charge in [0.1, 0.15) is 5.69 Å². The van der Waals surface area contributed by atoms with Crippen LogP contribution >= 0.6 is 0 Å². The van der Waals surface area contributed by atoms with E-state index in [4.69, 9.17) is 0 Å². The lowest BCUT2D eigenvalue weighted by molar-refractivity contribution is 0.583. The zero-order valence-electron chi connectivity index (χ0n) is 12.4. The molecule has 5 heteroatoms. The second-order valence-corrected chi connectivity index (χ2v) is 6.23. The molecule has 0 aliphatic rings. The van der Waals surface area contributed by atoms with E-state index in [-0.39, 0.29) is 11.0 Å². The number of fused-ring (bicyclic) bond motifs is 1. The van der Waals surface area contributed by atoms with Crippen molar-refractivity contribution >= 4 is 10.8 Å². The zero-order valence-corrected chi connectivity index (χ0v) is 12.4. The van der Waals surface area contributed by atoms with Gasteiger partial charge < -0.3 is 4.57 Å². The molecule has 21 heavy (non-hydrogen) atoms. The van der Waals surface area contributed by atoms with Gasteiger partial charge in [-0.25, -0.2) is 0 Å². The molecule has 1 N–H and O–H groups in total. The summed E-state index contributed by atoms with van der Waals surface area (Å²) in [6.45, 7) is 6.88. The zero-order chi connectivity index (χ0) is 15.0. The van der Waals surface area contributed by atoms with E-state index in [1.165, 1.54) is 0 Å². The summed E-state index contributed by atoms with van der Waals surface area (Å²) in [7, 11) is 0. The Morgan fingerprint density at radius 2 is 1.90 bits per heavy atom. The molecule has 0 spiro atoms. The maximum Gasteiger partial charge on any atom is 0.258 e. The van der Waals surface area contributed by atoms with Crippen molar-refractivity contribution in [3.63, 3.8) is 0 Å². The lowest BCUT2D eigenvalue weighted by Crippen LogP contribution is -2.25. The summed E-state index contributed by atoms with van der Waals surface area (Å²) >= 11 is 0. The first-order chi connectivity index (χ1) is 9.97. The maximum atomic E-state index is 12.6. The lowest BCUT2D eigenvalue weighted by atomic mass is 9.85. The van der Waals surface area contributed by atoms with Crippen molar-refractivity contribution in [2.45, 2.75) is 32.7 Å². The Balaban J connectivity index is 2.26. The molecule has 0 bridgehead atoms. The Bertz CT molecular complexity index is 826. The summed E-state index contributed by atoms with van der Waals surface area (Å²) in [5.41, 5.74) is 1.86. The molecule has 0 saturated carbocycles. The van der Waals surface area contributed by atoms with Crippen molar-refractivity contribution in [2.75, 3.05) is 0 Å². The molecule has 2 aromatic heterocycles. The molecule has 2 heterocycles. The van der Waals surface area contributed by atoms with E-state index < -0.39 is 0 Å². The molecule has 0 saturated heterocycles. The van der Waals surface area contributed by atoms with Gasteiger partial charge in [-0.05, 0) is 22.4 Å². The number of nitrogens with zero attached hydrogens (tertiary/aromatic N) is 3. The molecule has 0 aliphatic heterocycles. The SMILES string of the molecule is CC(C)(C)c1cn(Cc2cn[nH]n2)c(=O)c2ccccc12. The van der Waals surface area contributed by atoms with E-state index >= 15 is 0 Å². The third kappa shape index (κ3) is 2.46. The molecule has 0 fully saturated rings. The minimum Gasteiger partial charge on any atom is -0.309 e. The van der Waals surface area contributed by atoms with E-state index in [2.05, 4.69) is 36.2 Å². The number of hydrogen-bond acceptors (Lipinski definition) is 3. The number of aromatic nitrogens is 4. The summed E-state index contributed by atoms with van der Waals surface area (Å²) < 4.78 is 1.71. The van der Waals surface area contributed by atoms with E-state index in [0.717, 1.165) is 22.0 Å². The summed E-state index contributed by atoms with van der Waals surface area (Å²) in [5, 5.41) is 12.2. The highest BCUT2D eigenvalue weighted by molar-refractivity contribution is 5.85. The molecule has 1 aromatic carbocycles. The van der Waals surface area contributed by atoms with Crippen LogP contribution in [0.2, 0.25) is 0 Å². The fraction of sp³-hybridized carbons (Fsp3) is 0.312. The minimum absolute atomic E-state index is 0.00148. The van der Waals surface area contributed by atoms with Crippen LogP contribution in [0.25, 0.3) is 10.8 Å². The van der Waals surface area contributed by atoms with Gasteiger partial charge in [-0.1, -0.05) is 39.0 Å². The Morgan fingerprint density at radius 1 is 1.19 bits per heavy atom. The van der Waals surface area contributed by atoms with Crippen LogP contribution < -0.4 is 5.56 Å². The van der Waals surface area contributed by atoms with Crippen molar-refractivity contribution < 1.29 is 0 Å². The number of benzene rings is 1. The first kappa shape index (κ1) is 13.5. The monoisotopic (exact) mass is 282 g/mol. The predicted molar refractivity (Wildman–Crippen MR) is 82.4 cm³/mol. The van der Waals surface area contributed by atoms with Crippen LogP contribution in [-0.4, -0.2) is 20.0 Å². The highest BCUT2D eigenvalue weighted by atomic mass is 16.1. The molecular weight excluding hydrogens is 264 g/mol. The topological polar surface area (TPSA) is 63.6 Å². The Morgan fingerprint density at radius 3 is 2.52 bits per heavy atom. The van der Waals surface area contributed by atoms with Gasteiger partial charge in [-0.3, -0.25) is 4.79 Å². The molecule has 108 valence electrons. The summed E-state index contributed by atoms with van der Waals surface area (Å²) in [6, 6.07) is 7.76. The molecule has 0 atom stereocenters. The van der Waals surface area contributed by atoms with Crippen molar-refractivity contribution in [1.29, 1.82) is 0 Å². The van der Waals surface area contributed by atoms with E-state index in [0.29, 0.717) is 6.54 Å². The Labute approximate surface area is 122 Å². The molecule has 5 nitrogen and oxygen atoms in total. The molecule has 0 unspecified atom stereocenters. The van der Waals surface area contributed by atoms with Gasteiger partial charge >= 0.3 is 0 Å². The summed E-state index contributed by atoms with van der Waals surface area (Å²) in [5.74, 6) is 0. The number of aromatic amines is 1. The molecular formula is C16H18N4O. The van der Waals surface area contributed by atoms with Crippen molar-refractivity contribution in [2.24, 2.45) is 0 Å². The highest BCUT2D eigenvalue weighted by Gasteiger charge is 2.19. The number of H-pyrrole nitrogens is 1. The van der Waals surface area contributed by atoms with E-state index in [9.17, 15) is 4.79 Å². The molecule has 3 rings (SSSR count). The second kappa shape index (κ2) is 4.84. The fourth-order valence-electron chi connectivity index (χ4n) is 2.53. The van der Waals surface area contributed by atoms with Gasteiger partial charge in [-0.2, -0.15) is 15.4 Å². The van der Waals surface area contributed by atoms with Gasteiger partial charge in [0.05, 0.1) is 12.7 Å². The molecule has 3 aromatic rings. The average Bonchev–Trinajstić information content (AvgIpc) is 2.94. The van der Waals surface area contributed by atoms with Crippen LogP contribution in [0, 0.1) is 0 Å². The number of hydrogen-bond donors (Lipinski definition) is 1. The first-order valence-electron chi connectivity index (χ1n) is 6.94. The van der Waals surface area contributed by atoms with Gasteiger partial charge in [-0.15, -0.1) is 0 Å². The molecule has 0 aliphatic carbocycles. The Kier molecular flexibility index (Phi) is 3.12. The second-order valence-electron chi connectivity index (χ2n) is 6.23. The van der Waals surface area contributed by atoms with Gasteiger partial charge in [0.25, 0.3) is 5.56 Å². The number of nitrogens with one attached hydrogen (secondary N) is 1. The van der Waals surface area contributed by atoms with Crippen molar-refractivity contribution in [3.05, 3.63) is 58.3 Å². The first-order valence-corrected chi connectivity index (χ1v) is 6.94. The van der Waals surface area contributed by atoms with Crippen LogP contribution in [0.4, 0.5) is 0 Å². The van der Waals surface area contributed by atoms with Crippen LogP contribution in [0.5, 0.6) is 0 Å². The quantitative estimate of drug-likeness (QED) is 0.785. The standard InChI is InChI=1S/C16H18N4O/c1-16(2,3)14-10-20(9-11-8-17-19-18-11)15(21)13-7-5-4-6-12(13)14/h4-8,10H,9H2,1-3H3,(H,17,18,19). The average molecular weight is 282 g/mol.